The number of rotatable bonds is 6. The summed E-state index contributed by atoms with van der Waals surface area (Å²) < 4.78 is 13.1. The van der Waals surface area contributed by atoms with Crippen molar-refractivity contribution >= 4 is 12.0 Å². The van der Waals surface area contributed by atoms with Gasteiger partial charge >= 0.3 is 12.0 Å². The van der Waals surface area contributed by atoms with Crippen LogP contribution in [0.5, 0.6) is 0 Å². The van der Waals surface area contributed by atoms with E-state index in [0.717, 1.165) is 44.2 Å². The van der Waals surface area contributed by atoms with E-state index in [-0.39, 0.29) is 30.5 Å². The van der Waals surface area contributed by atoms with Crippen LogP contribution in [-0.2, 0) is 4.79 Å². The zero-order valence-electron chi connectivity index (χ0n) is 16.4. The molecule has 3 rings (SSSR count). The molecule has 28 heavy (non-hydrogen) atoms. The highest BCUT2D eigenvalue weighted by molar-refractivity contribution is 5.74. The lowest BCUT2D eigenvalue weighted by molar-refractivity contribution is -0.139. The summed E-state index contributed by atoms with van der Waals surface area (Å²) >= 11 is 0. The van der Waals surface area contributed by atoms with E-state index in [2.05, 4.69) is 5.32 Å². The first-order chi connectivity index (χ1) is 13.5. The second kappa shape index (κ2) is 9.37. The summed E-state index contributed by atoms with van der Waals surface area (Å²) in [5.74, 6) is -0.669. The number of urea groups is 1. The zero-order valence-corrected chi connectivity index (χ0v) is 16.4. The normalized spacial score (nSPS) is 25.1. The van der Waals surface area contributed by atoms with Crippen LogP contribution in [0.2, 0.25) is 0 Å². The molecule has 1 aliphatic carbocycles. The van der Waals surface area contributed by atoms with Crippen LogP contribution in [-0.4, -0.2) is 65.2 Å². The van der Waals surface area contributed by atoms with Gasteiger partial charge in [0.15, 0.2) is 0 Å². The van der Waals surface area contributed by atoms with Crippen LogP contribution in [0.1, 0.15) is 50.5 Å². The number of likely N-dealkylation sites (tertiary alicyclic amines) is 1. The Morgan fingerprint density at radius 1 is 1.21 bits per heavy atom. The summed E-state index contributed by atoms with van der Waals surface area (Å²) in [4.78, 5) is 27.4. The maximum atomic E-state index is 13.1. The van der Waals surface area contributed by atoms with Gasteiger partial charge in [0.2, 0.25) is 0 Å². The Labute approximate surface area is 165 Å². The number of carbonyl (C=O) groups is 2. The highest BCUT2D eigenvalue weighted by Gasteiger charge is 2.35. The predicted octanol–water partition coefficient (Wildman–Crippen LogP) is 3.04. The SMILES string of the molecule is CCN(CC(=O)O)C1CC(NC(=O)N2CCCC(c3ccc(F)cc3)CC2)C1. The van der Waals surface area contributed by atoms with Gasteiger partial charge in [-0.2, -0.15) is 0 Å². The third-order valence-electron chi connectivity index (χ3n) is 6.06. The van der Waals surface area contributed by atoms with E-state index in [4.69, 9.17) is 5.11 Å². The van der Waals surface area contributed by atoms with Gasteiger partial charge in [-0.1, -0.05) is 19.1 Å². The molecule has 0 bridgehead atoms. The van der Waals surface area contributed by atoms with Crippen LogP contribution in [0, 0.1) is 5.82 Å². The number of carbonyl (C=O) groups excluding carboxylic acids is 1. The van der Waals surface area contributed by atoms with Crippen molar-refractivity contribution in [1.29, 1.82) is 0 Å². The maximum Gasteiger partial charge on any atom is 0.317 e. The molecule has 7 heteroatoms. The van der Waals surface area contributed by atoms with Crippen molar-refractivity contribution in [1.82, 2.24) is 15.1 Å². The van der Waals surface area contributed by atoms with Crippen molar-refractivity contribution in [3.63, 3.8) is 0 Å². The van der Waals surface area contributed by atoms with Gasteiger partial charge in [0, 0.05) is 25.2 Å². The van der Waals surface area contributed by atoms with Crippen molar-refractivity contribution in [2.45, 2.75) is 57.0 Å². The number of carboxylic acid groups (broad SMARTS) is 1. The van der Waals surface area contributed by atoms with E-state index in [1.54, 1.807) is 0 Å². The van der Waals surface area contributed by atoms with Crippen LogP contribution in [0.3, 0.4) is 0 Å². The second-order valence-electron chi connectivity index (χ2n) is 7.89. The van der Waals surface area contributed by atoms with Crippen LogP contribution in [0.4, 0.5) is 9.18 Å². The predicted molar refractivity (Wildman–Crippen MR) is 105 cm³/mol. The molecule has 2 fully saturated rings. The zero-order chi connectivity index (χ0) is 20.1. The molecule has 1 heterocycles. The van der Waals surface area contributed by atoms with Gasteiger partial charge < -0.3 is 15.3 Å². The van der Waals surface area contributed by atoms with E-state index in [0.29, 0.717) is 19.0 Å². The largest absolute Gasteiger partial charge is 0.480 e. The lowest BCUT2D eigenvalue weighted by Crippen LogP contribution is -2.56. The first-order valence-corrected chi connectivity index (χ1v) is 10.2. The molecule has 1 saturated carbocycles. The highest BCUT2D eigenvalue weighted by Crippen LogP contribution is 2.29. The molecule has 1 atom stereocenters. The monoisotopic (exact) mass is 391 g/mol. The van der Waals surface area contributed by atoms with Crippen molar-refractivity contribution in [2.24, 2.45) is 0 Å². The Hall–Kier alpha value is -2.15. The summed E-state index contributed by atoms with van der Waals surface area (Å²) in [5.41, 5.74) is 1.14. The Morgan fingerprint density at radius 3 is 2.57 bits per heavy atom. The van der Waals surface area contributed by atoms with Crippen LogP contribution >= 0.6 is 0 Å². The number of nitrogens with zero attached hydrogens (tertiary/aromatic N) is 2. The fourth-order valence-corrected chi connectivity index (χ4v) is 4.31. The molecular formula is C21H30FN3O3. The van der Waals surface area contributed by atoms with Gasteiger partial charge in [0.1, 0.15) is 5.82 Å². The number of hydrogen-bond donors (Lipinski definition) is 2. The highest BCUT2D eigenvalue weighted by atomic mass is 19.1. The Morgan fingerprint density at radius 2 is 1.93 bits per heavy atom. The first kappa shape index (κ1) is 20.6. The van der Waals surface area contributed by atoms with Crippen molar-refractivity contribution in [3.8, 4) is 0 Å². The molecule has 1 aliphatic heterocycles. The quantitative estimate of drug-likeness (QED) is 0.782. The average molecular weight is 391 g/mol. The third-order valence-corrected chi connectivity index (χ3v) is 6.06. The molecule has 1 aromatic rings. The molecule has 6 nitrogen and oxygen atoms in total. The number of benzene rings is 1. The van der Waals surface area contributed by atoms with Crippen LogP contribution in [0.25, 0.3) is 0 Å². The van der Waals surface area contributed by atoms with Crippen LogP contribution in [0.15, 0.2) is 24.3 Å². The first-order valence-electron chi connectivity index (χ1n) is 10.2. The standard InChI is InChI=1S/C21H30FN3O3/c1-2-24(14-20(26)27)19-12-18(13-19)23-21(28)25-10-3-4-15(9-11-25)16-5-7-17(22)8-6-16/h5-8,15,18-19H,2-4,9-14H2,1H3,(H,23,28)(H,26,27). The topological polar surface area (TPSA) is 72.9 Å². The fourth-order valence-electron chi connectivity index (χ4n) is 4.31. The van der Waals surface area contributed by atoms with E-state index in [1.165, 1.54) is 12.1 Å². The molecular weight excluding hydrogens is 361 g/mol. The van der Waals surface area contributed by atoms with Gasteiger partial charge in [-0.25, -0.2) is 9.18 Å². The Balaban J connectivity index is 1.44. The molecule has 1 saturated heterocycles. The molecule has 154 valence electrons. The average Bonchev–Trinajstić information content (AvgIpc) is 2.89. The van der Waals surface area contributed by atoms with E-state index >= 15 is 0 Å². The molecule has 0 radical (unpaired) electrons. The van der Waals surface area contributed by atoms with Gasteiger partial charge in [-0.3, -0.25) is 9.69 Å². The van der Waals surface area contributed by atoms with Crippen molar-refractivity contribution in [3.05, 3.63) is 35.6 Å². The number of likely N-dealkylation sites (N-methyl/N-ethyl adjacent to an activating group) is 1. The third kappa shape index (κ3) is 5.22. The fraction of sp³-hybridized carbons (Fsp3) is 0.619. The number of amides is 2. The summed E-state index contributed by atoms with van der Waals surface area (Å²) in [6.07, 6.45) is 4.43. The van der Waals surface area contributed by atoms with Gasteiger partial charge in [-0.05, 0) is 62.3 Å². The smallest absolute Gasteiger partial charge is 0.317 e. The number of carboxylic acids is 1. The van der Waals surface area contributed by atoms with Gasteiger partial charge in [0.05, 0.1) is 6.54 Å². The minimum absolute atomic E-state index is 0.0236. The molecule has 1 aromatic carbocycles. The summed E-state index contributed by atoms with van der Waals surface area (Å²) in [5, 5.41) is 12.1. The number of aliphatic carboxylic acids is 1. The van der Waals surface area contributed by atoms with Crippen molar-refractivity contribution < 1.29 is 19.1 Å². The number of halogens is 1. The molecule has 0 spiro atoms. The van der Waals surface area contributed by atoms with Crippen molar-refractivity contribution in [2.75, 3.05) is 26.2 Å². The summed E-state index contributed by atoms with van der Waals surface area (Å²) in [6.45, 7) is 4.15. The second-order valence-corrected chi connectivity index (χ2v) is 7.89. The lowest BCUT2D eigenvalue weighted by atomic mass is 9.85. The van der Waals surface area contributed by atoms with Gasteiger partial charge in [0.25, 0.3) is 0 Å². The summed E-state index contributed by atoms with van der Waals surface area (Å²) in [6, 6.07) is 7.03. The Bertz CT molecular complexity index is 676. The molecule has 2 aliphatic rings. The van der Waals surface area contributed by atoms with E-state index < -0.39 is 5.97 Å². The maximum absolute atomic E-state index is 13.1. The molecule has 2 amide bonds. The molecule has 2 N–H and O–H groups in total. The number of hydrogen-bond acceptors (Lipinski definition) is 3. The van der Waals surface area contributed by atoms with Crippen LogP contribution < -0.4 is 5.32 Å². The lowest BCUT2D eigenvalue weighted by Gasteiger charge is -2.42. The minimum Gasteiger partial charge on any atom is -0.480 e. The Kier molecular flexibility index (Phi) is 6.88. The number of nitrogens with one attached hydrogen (secondary N) is 1. The minimum atomic E-state index is -0.811. The molecule has 1 unspecified atom stereocenters. The van der Waals surface area contributed by atoms with E-state index in [9.17, 15) is 14.0 Å². The summed E-state index contributed by atoms with van der Waals surface area (Å²) in [7, 11) is 0. The van der Waals surface area contributed by atoms with Gasteiger partial charge in [-0.15, -0.1) is 0 Å². The van der Waals surface area contributed by atoms with E-state index in [1.807, 2.05) is 28.9 Å². The molecule has 0 aromatic heterocycles.